The zero-order valence-electron chi connectivity index (χ0n) is 10.6. The van der Waals surface area contributed by atoms with Gasteiger partial charge in [-0.15, -0.1) is 0 Å². The molecule has 0 saturated heterocycles. The highest BCUT2D eigenvalue weighted by Gasteiger charge is 2.34. The summed E-state index contributed by atoms with van der Waals surface area (Å²) in [6.45, 7) is 6.36. The molecule has 0 spiro atoms. The predicted octanol–water partition coefficient (Wildman–Crippen LogP) is 2.65. The smallest absolute Gasteiger partial charge is 0.147 e. The Balaban J connectivity index is 2.24. The number of aryl methyl sites for hydroxylation is 1. The van der Waals surface area contributed by atoms with Gasteiger partial charge in [-0.05, 0) is 25.2 Å². The summed E-state index contributed by atoms with van der Waals surface area (Å²) in [7, 11) is 0. The molecule has 0 aromatic carbocycles. The van der Waals surface area contributed by atoms with Gasteiger partial charge in [-0.2, -0.15) is 5.26 Å². The summed E-state index contributed by atoms with van der Waals surface area (Å²) >= 11 is 0. The summed E-state index contributed by atoms with van der Waals surface area (Å²) in [5.74, 6) is 1.38. The van der Waals surface area contributed by atoms with Gasteiger partial charge in [-0.1, -0.05) is 20.3 Å². The molecule has 0 bridgehead atoms. The lowest BCUT2D eigenvalue weighted by molar-refractivity contribution is 0.349. The van der Waals surface area contributed by atoms with Crippen molar-refractivity contribution >= 4 is 5.82 Å². The van der Waals surface area contributed by atoms with Gasteiger partial charge in [0.15, 0.2) is 0 Å². The minimum absolute atomic E-state index is 0.269. The fraction of sp³-hybridized carbons (Fsp3) is 0.615. The van der Waals surface area contributed by atoms with E-state index in [1.165, 1.54) is 12.8 Å². The van der Waals surface area contributed by atoms with E-state index < -0.39 is 0 Å². The summed E-state index contributed by atoms with van der Waals surface area (Å²) in [6, 6.07) is 2.53. The molecule has 1 N–H and O–H groups in total. The highest BCUT2D eigenvalue weighted by Crippen LogP contribution is 2.39. The molecule has 1 saturated carbocycles. The molecule has 1 unspecified atom stereocenters. The van der Waals surface area contributed by atoms with E-state index >= 15 is 0 Å². The molecule has 0 amide bonds. The van der Waals surface area contributed by atoms with Gasteiger partial charge in [0.1, 0.15) is 23.3 Å². The number of nitrogens with zero attached hydrogens (tertiary/aromatic N) is 3. The fourth-order valence-electron chi connectivity index (χ4n) is 2.42. The Labute approximate surface area is 102 Å². The van der Waals surface area contributed by atoms with Crippen LogP contribution in [0, 0.1) is 23.7 Å². The Morgan fingerprint density at radius 3 is 2.88 bits per heavy atom. The molecule has 1 aromatic heterocycles. The minimum atomic E-state index is 0.269. The molecular formula is C13H18N4. The number of hydrogen-bond acceptors (Lipinski definition) is 4. The van der Waals surface area contributed by atoms with Gasteiger partial charge < -0.3 is 5.32 Å². The molecule has 4 heteroatoms. The Hall–Kier alpha value is -1.63. The Morgan fingerprint density at radius 1 is 1.53 bits per heavy atom. The van der Waals surface area contributed by atoms with Gasteiger partial charge in [-0.3, -0.25) is 0 Å². The molecule has 1 aliphatic carbocycles. The third-order valence-corrected chi connectivity index (χ3v) is 3.60. The first-order valence-electron chi connectivity index (χ1n) is 6.03. The molecule has 0 radical (unpaired) electrons. The summed E-state index contributed by atoms with van der Waals surface area (Å²) < 4.78 is 0. The first-order chi connectivity index (χ1) is 8.03. The average molecular weight is 230 g/mol. The van der Waals surface area contributed by atoms with Crippen molar-refractivity contribution in [2.45, 2.75) is 46.1 Å². The lowest BCUT2D eigenvalue weighted by atomic mass is 9.87. The van der Waals surface area contributed by atoms with E-state index in [9.17, 15) is 0 Å². The third kappa shape index (κ3) is 2.38. The Morgan fingerprint density at radius 2 is 2.29 bits per heavy atom. The van der Waals surface area contributed by atoms with Crippen molar-refractivity contribution in [2.75, 3.05) is 5.32 Å². The second-order valence-electron chi connectivity index (χ2n) is 5.37. The number of nitrogens with one attached hydrogen (secondary N) is 1. The zero-order chi connectivity index (χ0) is 12.5. The van der Waals surface area contributed by atoms with Gasteiger partial charge in [0.2, 0.25) is 0 Å². The van der Waals surface area contributed by atoms with Gasteiger partial charge >= 0.3 is 0 Å². The van der Waals surface area contributed by atoms with Crippen molar-refractivity contribution in [1.29, 1.82) is 5.26 Å². The number of hydrogen-bond donors (Lipinski definition) is 1. The molecular weight excluding hydrogens is 212 g/mol. The van der Waals surface area contributed by atoms with E-state index in [1.54, 1.807) is 6.20 Å². The Bertz CT molecular complexity index is 459. The lowest BCUT2D eigenvalue weighted by Gasteiger charge is -2.28. The van der Waals surface area contributed by atoms with E-state index in [4.69, 9.17) is 5.26 Å². The van der Waals surface area contributed by atoms with Crippen LogP contribution in [0.5, 0.6) is 0 Å². The zero-order valence-corrected chi connectivity index (χ0v) is 10.6. The quantitative estimate of drug-likeness (QED) is 0.848. The molecule has 1 atom stereocenters. The van der Waals surface area contributed by atoms with Gasteiger partial charge in [0.25, 0.3) is 0 Å². The lowest BCUT2D eigenvalue weighted by Crippen LogP contribution is -2.31. The first-order valence-corrected chi connectivity index (χ1v) is 6.03. The molecule has 1 aromatic rings. The van der Waals surface area contributed by atoms with Crippen LogP contribution in [0.15, 0.2) is 6.20 Å². The van der Waals surface area contributed by atoms with Gasteiger partial charge in [0, 0.05) is 6.04 Å². The van der Waals surface area contributed by atoms with Crippen molar-refractivity contribution in [3.8, 4) is 6.07 Å². The number of rotatable bonds is 2. The van der Waals surface area contributed by atoms with Crippen molar-refractivity contribution in [2.24, 2.45) is 5.41 Å². The number of aromatic nitrogens is 2. The second-order valence-corrected chi connectivity index (χ2v) is 5.37. The maximum absolute atomic E-state index is 9.04. The van der Waals surface area contributed by atoms with Crippen LogP contribution in [0.25, 0.3) is 0 Å². The molecule has 0 aliphatic heterocycles. The largest absolute Gasteiger partial charge is 0.366 e. The van der Waals surface area contributed by atoms with E-state index in [0.717, 1.165) is 6.42 Å². The van der Waals surface area contributed by atoms with Crippen LogP contribution in [-0.2, 0) is 0 Å². The minimum Gasteiger partial charge on any atom is -0.366 e. The second kappa shape index (κ2) is 4.33. The topological polar surface area (TPSA) is 61.6 Å². The van der Waals surface area contributed by atoms with Crippen LogP contribution in [0.3, 0.4) is 0 Å². The maximum atomic E-state index is 9.04. The summed E-state index contributed by atoms with van der Waals surface area (Å²) in [4.78, 5) is 8.38. The summed E-state index contributed by atoms with van der Waals surface area (Å²) in [5, 5.41) is 12.5. The van der Waals surface area contributed by atoms with Crippen molar-refractivity contribution < 1.29 is 0 Å². The highest BCUT2D eigenvalue weighted by molar-refractivity contribution is 5.51. The van der Waals surface area contributed by atoms with Gasteiger partial charge in [0.05, 0.1) is 6.20 Å². The number of nitriles is 1. The maximum Gasteiger partial charge on any atom is 0.147 e. The molecule has 4 nitrogen and oxygen atoms in total. The molecule has 17 heavy (non-hydrogen) atoms. The normalized spacial score (nSPS) is 22.1. The van der Waals surface area contributed by atoms with Crippen LogP contribution in [0.1, 0.15) is 44.5 Å². The van der Waals surface area contributed by atoms with E-state index in [1.807, 2.05) is 6.92 Å². The number of anilines is 1. The molecule has 2 rings (SSSR count). The van der Waals surface area contributed by atoms with Crippen molar-refractivity contribution in [3.05, 3.63) is 17.6 Å². The van der Waals surface area contributed by atoms with Crippen molar-refractivity contribution in [1.82, 2.24) is 9.97 Å². The monoisotopic (exact) mass is 230 g/mol. The molecule has 1 heterocycles. The van der Waals surface area contributed by atoms with Crippen LogP contribution in [0.2, 0.25) is 0 Å². The van der Waals surface area contributed by atoms with Crippen LogP contribution in [0.4, 0.5) is 5.82 Å². The Kier molecular flexibility index (Phi) is 3.01. The SMILES string of the molecule is Cc1ncc(C#N)c(NC2CCCC2(C)C)n1. The first kappa shape index (κ1) is 11.8. The molecule has 1 fully saturated rings. The third-order valence-electron chi connectivity index (χ3n) is 3.60. The summed E-state index contributed by atoms with van der Waals surface area (Å²) in [6.07, 6.45) is 5.18. The van der Waals surface area contributed by atoms with Crippen LogP contribution < -0.4 is 5.32 Å². The average Bonchev–Trinajstić information content (AvgIpc) is 2.59. The van der Waals surface area contributed by atoms with Crippen molar-refractivity contribution in [3.63, 3.8) is 0 Å². The predicted molar refractivity (Wildman–Crippen MR) is 66.5 cm³/mol. The van der Waals surface area contributed by atoms with Gasteiger partial charge in [-0.25, -0.2) is 9.97 Å². The molecule has 90 valence electrons. The van der Waals surface area contributed by atoms with E-state index in [0.29, 0.717) is 23.2 Å². The molecule has 1 aliphatic rings. The summed E-state index contributed by atoms with van der Waals surface area (Å²) in [5.41, 5.74) is 0.796. The van der Waals surface area contributed by atoms with E-state index in [2.05, 4.69) is 35.2 Å². The van der Waals surface area contributed by atoms with Crippen LogP contribution in [-0.4, -0.2) is 16.0 Å². The fourth-order valence-corrected chi connectivity index (χ4v) is 2.42. The highest BCUT2D eigenvalue weighted by atomic mass is 15.1. The van der Waals surface area contributed by atoms with E-state index in [-0.39, 0.29) is 5.41 Å². The van der Waals surface area contributed by atoms with Crippen LogP contribution >= 0.6 is 0 Å². The standard InChI is InChI=1S/C13H18N4/c1-9-15-8-10(7-14)12(16-9)17-11-5-4-6-13(11,2)3/h8,11H,4-6H2,1-3H3,(H,15,16,17).